The van der Waals surface area contributed by atoms with Crippen molar-refractivity contribution in [1.29, 1.82) is 0 Å². The first-order valence-electron chi connectivity index (χ1n) is 8.10. The third-order valence-corrected chi connectivity index (χ3v) is 5.59. The summed E-state index contributed by atoms with van der Waals surface area (Å²) in [5.74, 6) is 1.28. The van der Waals surface area contributed by atoms with Crippen molar-refractivity contribution in [3.05, 3.63) is 38.5 Å². The van der Waals surface area contributed by atoms with Gasteiger partial charge in [0.25, 0.3) is 0 Å². The van der Waals surface area contributed by atoms with Gasteiger partial charge in [-0.15, -0.1) is 22.7 Å². The lowest BCUT2D eigenvalue weighted by Crippen LogP contribution is -2.41. The summed E-state index contributed by atoms with van der Waals surface area (Å²) in [6.45, 7) is 5.84. The third-order valence-electron chi connectivity index (χ3n) is 3.75. The molecular weight excluding hydrogens is 338 g/mol. The molecular formula is C17H27N5S2. The highest BCUT2D eigenvalue weighted by Gasteiger charge is 2.15. The van der Waals surface area contributed by atoms with E-state index in [1.807, 2.05) is 0 Å². The van der Waals surface area contributed by atoms with Crippen LogP contribution in [0.1, 0.15) is 41.4 Å². The third kappa shape index (κ3) is 5.29. The molecule has 1 atom stereocenters. The molecule has 0 saturated heterocycles. The lowest BCUT2D eigenvalue weighted by atomic mass is 10.2. The van der Waals surface area contributed by atoms with Gasteiger partial charge in [0.15, 0.2) is 5.96 Å². The predicted octanol–water partition coefficient (Wildman–Crippen LogP) is 3.30. The summed E-state index contributed by atoms with van der Waals surface area (Å²) in [6.07, 6.45) is 0. The number of aromatic nitrogens is 1. The van der Waals surface area contributed by atoms with Crippen LogP contribution in [-0.4, -0.2) is 43.5 Å². The molecule has 1 unspecified atom stereocenters. The molecule has 5 nitrogen and oxygen atoms in total. The van der Waals surface area contributed by atoms with E-state index in [9.17, 15) is 0 Å². The van der Waals surface area contributed by atoms with Gasteiger partial charge in [-0.3, -0.25) is 4.99 Å². The lowest BCUT2D eigenvalue weighted by molar-refractivity contribution is 0.302. The molecule has 0 aliphatic carbocycles. The monoisotopic (exact) mass is 365 g/mol. The molecule has 0 saturated carbocycles. The summed E-state index contributed by atoms with van der Waals surface area (Å²) in [6, 6.07) is 4.60. The van der Waals surface area contributed by atoms with Gasteiger partial charge >= 0.3 is 0 Å². The molecule has 0 bridgehead atoms. The number of guanidine groups is 1. The number of thiazole rings is 1. The van der Waals surface area contributed by atoms with Crippen LogP contribution in [0, 0.1) is 0 Å². The Hall–Kier alpha value is -1.44. The van der Waals surface area contributed by atoms with Gasteiger partial charge in [-0.1, -0.05) is 19.9 Å². The van der Waals surface area contributed by atoms with E-state index in [0.717, 1.165) is 23.2 Å². The minimum Gasteiger partial charge on any atom is -0.354 e. The van der Waals surface area contributed by atoms with Crippen LogP contribution in [0.3, 0.4) is 0 Å². The van der Waals surface area contributed by atoms with E-state index in [0.29, 0.717) is 18.5 Å². The van der Waals surface area contributed by atoms with Crippen LogP contribution in [0.5, 0.6) is 0 Å². The van der Waals surface area contributed by atoms with Crippen molar-refractivity contribution in [2.24, 2.45) is 4.99 Å². The molecule has 132 valence electrons. The zero-order valence-electron chi connectivity index (χ0n) is 15.0. The summed E-state index contributed by atoms with van der Waals surface area (Å²) < 4.78 is 0. The number of rotatable bonds is 7. The number of nitrogens with one attached hydrogen (secondary N) is 2. The van der Waals surface area contributed by atoms with Crippen LogP contribution < -0.4 is 10.6 Å². The van der Waals surface area contributed by atoms with E-state index in [1.54, 1.807) is 29.7 Å². The van der Waals surface area contributed by atoms with Crippen molar-refractivity contribution in [2.75, 3.05) is 27.7 Å². The highest BCUT2D eigenvalue weighted by atomic mass is 32.1. The molecule has 0 spiro atoms. The van der Waals surface area contributed by atoms with Crippen LogP contribution in [0.15, 0.2) is 27.9 Å². The second-order valence-corrected chi connectivity index (χ2v) is 8.04. The van der Waals surface area contributed by atoms with E-state index < -0.39 is 0 Å². The average molecular weight is 366 g/mol. The Balaban J connectivity index is 1.87. The van der Waals surface area contributed by atoms with Crippen LogP contribution in [-0.2, 0) is 6.54 Å². The Labute approximate surface area is 152 Å². The Kier molecular flexibility index (Phi) is 7.20. The van der Waals surface area contributed by atoms with E-state index in [4.69, 9.17) is 0 Å². The van der Waals surface area contributed by atoms with Gasteiger partial charge in [0, 0.05) is 23.8 Å². The fraction of sp³-hybridized carbons (Fsp3) is 0.529. The summed E-state index contributed by atoms with van der Waals surface area (Å²) in [5.41, 5.74) is 1.16. The summed E-state index contributed by atoms with van der Waals surface area (Å²) in [5, 5.41) is 12.1. The zero-order chi connectivity index (χ0) is 17.5. The Morgan fingerprint density at radius 2 is 2.08 bits per heavy atom. The summed E-state index contributed by atoms with van der Waals surface area (Å²) in [7, 11) is 6.00. The molecule has 0 aromatic carbocycles. The SMILES string of the molecule is CN=C(NCc1nc(C(C)C)cs1)NCC(c1cccs1)N(C)C. The number of thiophene rings is 1. The van der Waals surface area contributed by atoms with Crippen LogP contribution in [0.2, 0.25) is 0 Å². The van der Waals surface area contributed by atoms with E-state index >= 15 is 0 Å². The van der Waals surface area contributed by atoms with E-state index in [2.05, 4.69) is 76.3 Å². The van der Waals surface area contributed by atoms with Gasteiger partial charge in [-0.05, 0) is 31.5 Å². The maximum absolute atomic E-state index is 4.65. The van der Waals surface area contributed by atoms with Gasteiger partial charge < -0.3 is 15.5 Å². The standard InChI is InChI=1S/C17H27N5S2/c1-12(2)13-11-24-16(21-13)10-20-17(18-3)19-9-14(22(4)5)15-7-6-8-23-15/h6-8,11-12,14H,9-10H2,1-5H3,(H2,18,19,20). The predicted molar refractivity (Wildman–Crippen MR) is 105 cm³/mol. The van der Waals surface area contributed by atoms with Crippen molar-refractivity contribution < 1.29 is 0 Å². The Bertz CT molecular complexity index is 631. The average Bonchev–Trinajstić information content (AvgIpc) is 3.21. The Morgan fingerprint density at radius 1 is 1.29 bits per heavy atom. The second kappa shape index (κ2) is 9.15. The van der Waals surface area contributed by atoms with Crippen molar-refractivity contribution in [2.45, 2.75) is 32.4 Å². The fourth-order valence-electron chi connectivity index (χ4n) is 2.26. The van der Waals surface area contributed by atoms with E-state index in [1.165, 1.54) is 4.88 Å². The van der Waals surface area contributed by atoms with Gasteiger partial charge in [-0.2, -0.15) is 0 Å². The molecule has 2 rings (SSSR count). The van der Waals surface area contributed by atoms with Crippen LogP contribution in [0.25, 0.3) is 0 Å². The molecule has 24 heavy (non-hydrogen) atoms. The summed E-state index contributed by atoms with van der Waals surface area (Å²) in [4.78, 5) is 12.5. The number of aliphatic imine (C=N–C) groups is 1. The van der Waals surface area contributed by atoms with Crippen molar-refractivity contribution in [3.8, 4) is 0 Å². The first kappa shape index (κ1) is 18.9. The number of hydrogen-bond donors (Lipinski definition) is 2. The first-order chi connectivity index (χ1) is 11.5. The van der Waals surface area contributed by atoms with Crippen molar-refractivity contribution in [3.63, 3.8) is 0 Å². The molecule has 2 heterocycles. The van der Waals surface area contributed by atoms with Crippen molar-refractivity contribution >= 4 is 28.6 Å². The largest absolute Gasteiger partial charge is 0.354 e. The van der Waals surface area contributed by atoms with Gasteiger partial charge in [0.2, 0.25) is 0 Å². The van der Waals surface area contributed by atoms with Gasteiger partial charge in [-0.25, -0.2) is 4.98 Å². The number of nitrogens with zero attached hydrogens (tertiary/aromatic N) is 3. The number of likely N-dealkylation sites (N-methyl/N-ethyl adjacent to an activating group) is 1. The number of hydrogen-bond acceptors (Lipinski definition) is 5. The molecule has 2 N–H and O–H groups in total. The normalized spacial score (nSPS) is 13.5. The topological polar surface area (TPSA) is 52.6 Å². The van der Waals surface area contributed by atoms with Gasteiger partial charge in [0.1, 0.15) is 5.01 Å². The maximum Gasteiger partial charge on any atom is 0.191 e. The smallest absolute Gasteiger partial charge is 0.191 e. The highest BCUT2D eigenvalue weighted by molar-refractivity contribution is 7.10. The highest BCUT2D eigenvalue weighted by Crippen LogP contribution is 2.22. The van der Waals surface area contributed by atoms with Crippen LogP contribution >= 0.6 is 22.7 Å². The van der Waals surface area contributed by atoms with E-state index in [-0.39, 0.29) is 0 Å². The fourth-order valence-corrected chi connectivity index (χ4v) is 4.08. The molecule has 2 aromatic rings. The molecule has 0 aliphatic rings. The molecule has 0 radical (unpaired) electrons. The maximum atomic E-state index is 4.65. The van der Waals surface area contributed by atoms with Crippen molar-refractivity contribution in [1.82, 2.24) is 20.5 Å². The molecule has 2 aromatic heterocycles. The Morgan fingerprint density at radius 3 is 2.62 bits per heavy atom. The quantitative estimate of drug-likeness (QED) is 0.584. The lowest BCUT2D eigenvalue weighted by Gasteiger charge is -2.24. The molecule has 7 heteroatoms. The minimum atomic E-state index is 0.330. The summed E-state index contributed by atoms with van der Waals surface area (Å²) >= 11 is 3.48. The molecule has 0 fully saturated rings. The first-order valence-corrected chi connectivity index (χ1v) is 9.85. The van der Waals surface area contributed by atoms with Gasteiger partial charge in [0.05, 0.1) is 18.3 Å². The van der Waals surface area contributed by atoms with Crippen LogP contribution in [0.4, 0.5) is 0 Å². The second-order valence-electron chi connectivity index (χ2n) is 6.12. The molecule has 0 amide bonds. The molecule has 0 aliphatic heterocycles. The zero-order valence-corrected chi connectivity index (χ0v) is 16.7. The minimum absolute atomic E-state index is 0.330.